The quantitative estimate of drug-likeness (QED) is 0.583. The predicted molar refractivity (Wildman–Crippen MR) is 119 cm³/mol. The van der Waals surface area contributed by atoms with Crippen LogP contribution in [0.4, 0.5) is 0 Å². The van der Waals surface area contributed by atoms with Crippen molar-refractivity contribution >= 4 is 5.97 Å². The van der Waals surface area contributed by atoms with E-state index in [9.17, 15) is 15.0 Å². The molecule has 2 aliphatic carbocycles. The number of hydrogen-bond donors (Lipinski definition) is 3. The van der Waals surface area contributed by atoms with Crippen LogP contribution in [0.3, 0.4) is 0 Å². The lowest BCUT2D eigenvalue weighted by Crippen LogP contribution is -2.42. The number of aromatic nitrogens is 1. The molecular formula is C25H28N2O5. The maximum absolute atomic E-state index is 11.8. The van der Waals surface area contributed by atoms with Crippen LogP contribution < -0.4 is 14.8 Å². The first-order valence-corrected chi connectivity index (χ1v) is 10.8. The number of carbonyl (C=O) groups is 1. The molecule has 2 aliphatic rings. The lowest BCUT2D eigenvalue weighted by atomic mass is 9.79. The van der Waals surface area contributed by atoms with E-state index in [-0.39, 0.29) is 18.6 Å². The third-order valence-electron chi connectivity index (χ3n) is 6.07. The van der Waals surface area contributed by atoms with Crippen molar-refractivity contribution < 1.29 is 24.5 Å². The van der Waals surface area contributed by atoms with Crippen LogP contribution in [0.2, 0.25) is 0 Å². The van der Waals surface area contributed by atoms with Gasteiger partial charge >= 0.3 is 5.97 Å². The van der Waals surface area contributed by atoms with E-state index in [1.807, 2.05) is 36.4 Å². The van der Waals surface area contributed by atoms with Crippen molar-refractivity contribution in [1.29, 1.82) is 0 Å². The second-order valence-electron chi connectivity index (χ2n) is 8.29. The topological polar surface area (TPSA) is 101 Å². The summed E-state index contributed by atoms with van der Waals surface area (Å²) in [4.78, 5) is 16.0. The third-order valence-corrected chi connectivity index (χ3v) is 6.07. The highest BCUT2D eigenvalue weighted by atomic mass is 16.5. The minimum atomic E-state index is -0.947. The van der Waals surface area contributed by atoms with Crippen LogP contribution >= 0.6 is 0 Å². The van der Waals surface area contributed by atoms with Crippen molar-refractivity contribution in [2.24, 2.45) is 0 Å². The summed E-state index contributed by atoms with van der Waals surface area (Å²) in [5.74, 6) is 0.328. The van der Waals surface area contributed by atoms with E-state index >= 15 is 0 Å². The first-order chi connectivity index (χ1) is 15.5. The Labute approximate surface area is 187 Å². The normalized spacial score (nSPS) is 24.8. The SMILES string of the molecule is COc1ccc(C2(NCc3cccnc3)C=CC=C(C(=O)O)C2)c(OC2CCC(O)C2)c1. The maximum atomic E-state index is 11.8. The summed E-state index contributed by atoms with van der Waals surface area (Å²) < 4.78 is 11.8. The molecular weight excluding hydrogens is 408 g/mol. The summed E-state index contributed by atoms with van der Waals surface area (Å²) in [5, 5.41) is 23.2. The van der Waals surface area contributed by atoms with Crippen molar-refractivity contribution in [1.82, 2.24) is 10.3 Å². The van der Waals surface area contributed by atoms with Gasteiger partial charge in [0.25, 0.3) is 0 Å². The number of hydrogen-bond acceptors (Lipinski definition) is 6. The fourth-order valence-electron chi connectivity index (χ4n) is 4.36. The Balaban J connectivity index is 1.72. The van der Waals surface area contributed by atoms with E-state index in [1.165, 1.54) is 0 Å². The zero-order chi connectivity index (χ0) is 22.6. The number of carboxylic acids is 1. The summed E-state index contributed by atoms with van der Waals surface area (Å²) in [6, 6.07) is 9.45. The van der Waals surface area contributed by atoms with Gasteiger partial charge in [0, 0.05) is 49.0 Å². The van der Waals surface area contributed by atoms with Gasteiger partial charge in [0.05, 0.1) is 18.8 Å². The standard InChI is InChI=1S/C25H28N2O5/c1-31-20-8-9-22(23(13-20)32-21-7-6-19(28)12-21)25(10-2-5-18(14-25)24(29)30)27-16-17-4-3-11-26-15-17/h2-5,8-11,13,15,19,21,27-28H,6-7,12,14,16H2,1H3,(H,29,30). The second-order valence-corrected chi connectivity index (χ2v) is 8.29. The monoisotopic (exact) mass is 436 g/mol. The van der Waals surface area contributed by atoms with E-state index in [0.717, 1.165) is 17.5 Å². The highest BCUT2D eigenvalue weighted by molar-refractivity contribution is 5.87. The molecule has 3 unspecified atom stereocenters. The molecule has 3 N–H and O–H groups in total. The number of methoxy groups -OCH3 is 1. The van der Waals surface area contributed by atoms with Crippen LogP contribution in [0, 0.1) is 0 Å². The van der Waals surface area contributed by atoms with Gasteiger partial charge in [0.2, 0.25) is 0 Å². The van der Waals surface area contributed by atoms with Gasteiger partial charge in [-0.1, -0.05) is 24.3 Å². The first kappa shape index (κ1) is 22.0. The molecule has 1 aromatic carbocycles. The molecule has 3 atom stereocenters. The lowest BCUT2D eigenvalue weighted by molar-refractivity contribution is -0.133. The molecule has 168 valence electrons. The molecule has 0 bridgehead atoms. The van der Waals surface area contributed by atoms with Gasteiger partial charge in [-0.3, -0.25) is 10.3 Å². The molecule has 1 fully saturated rings. The molecule has 0 spiro atoms. The van der Waals surface area contributed by atoms with Crippen LogP contribution in [0.1, 0.15) is 36.8 Å². The molecule has 2 aromatic rings. The van der Waals surface area contributed by atoms with Crippen LogP contribution in [0.15, 0.2) is 66.5 Å². The third kappa shape index (κ3) is 4.84. The van der Waals surface area contributed by atoms with Gasteiger partial charge in [-0.05, 0) is 36.6 Å². The Morgan fingerprint density at radius 3 is 2.88 bits per heavy atom. The van der Waals surface area contributed by atoms with Crippen LogP contribution in [0.25, 0.3) is 0 Å². The molecule has 1 aromatic heterocycles. The van der Waals surface area contributed by atoms with Gasteiger partial charge < -0.3 is 19.7 Å². The molecule has 7 nitrogen and oxygen atoms in total. The number of aliphatic hydroxyl groups is 1. The first-order valence-electron chi connectivity index (χ1n) is 10.8. The maximum Gasteiger partial charge on any atom is 0.331 e. The fourth-order valence-corrected chi connectivity index (χ4v) is 4.36. The minimum absolute atomic E-state index is 0.103. The molecule has 0 aliphatic heterocycles. The molecule has 7 heteroatoms. The van der Waals surface area contributed by atoms with Gasteiger partial charge in [0.15, 0.2) is 0 Å². The number of allylic oxidation sites excluding steroid dienone is 2. The largest absolute Gasteiger partial charge is 0.497 e. The molecule has 1 heterocycles. The van der Waals surface area contributed by atoms with Crippen LogP contribution in [-0.4, -0.2) is 40.5 Å². The minimum Gasteiger partial charge on any atom is -0.497 e. The van der Waals surface area contributed by atoms with E-state index in [0.29, 0.717) is 36.5 Å². The van der Waals surface area contributed by atoms with Crippen LogP contribution in [-0.2, 0) is 16.9 Å². The van der Waals surface area contributed by atoms with Crippen molar-refractivity contribution in [3.8, 4) is 11.5 Å². The zero-order valence-electron chi connectivity index (χ0n) is 18.0. The summed E-state index contributed by atoms with van der Waals surface area (Å²) >= 11 is 0. The van der Waals surface area contributed by atoms with E-state index in [1.54, 1.807) is 31.7 Å². The Morgan fingerprint density at radius 2 is 2.19 bits per heavy atom. The zero-order valence-corrected chi connectivity index (χ0v) is 18.0. The number of aliphatic carboxylic acids is 1. The number of nitrogens with one attached hydrogen (secondary N) is 1. The number of pyridine rings is 1. The molecule has 4 rings (SSSR count). The Bertz CT molecular complexity index is 1020. The highest BCUT2D eigenvalue weighted by Gasteiger charge is 2.37. The number of carboxylic acid groups (broad SMARTS) is 1. The molecule has 32 heavy (non-hydrogen) atoms. The van der Waals surface area contributed by atoms with Crippen molar-refractivity contribution in [2.45, 2.75) is 50.0 Å². The van der Waals surface area contributed by atoms with Crippen molar-refractivity contribution in [3.05, 3.63) is 77.7 Å². The highest BCUT2D eigenvalue weighted by Crippen LogP contribution is 2.41. The van der Waals surface area contributed by atoms with Crippen molar-refractivity contribution in [3.63, 3.8) is 0 Å². The molecule has 0 saturated heterocycles. The smallest absolute Gasteiger partial charge is 0.331 e. The summed E-state index contributed by atoms with van der Waals surface area (Å²) in [6.45, 7) is 0.499. The van der Waals surface area contributed by atoms with E-state index in [4.69, 9.17) is 9.47 Å². The lowest BCUT2D eigenvalue weighted by Gasteiger charge is -2.36. The van der Waals surface area contributed by atoms with Crippen molar-refractivity contribution in [2.75, 3.05) is 7.11 Å². The molecule has 0 radical (unpaired) electrons. The predicted octanol–water partition coefficient (Wildman–Crippen LogP) is 3.34. The summed E-state index contributed by atoms with van der Waals surface area (Å²) in [7, 11) is 1.60. The Kier molecular flexibility index (Phi) is 6.58. The Hall–Kier alpha value is -3.16. The molecule has 0 amide bonds. The average molecular weight is 437 g/mol. The van der Waals surface area contributed by atoms with Crippen LogP contribution in [0.5, 0.6) is 11.5 Å². The number of benzene rings is 1. The van der Waals surface area contributed by atoms with E-state index < -0.39 is 11.5 Å². The molecule has 1 saturated carbocycles. The number of rotatable bonds is 8. The van der Waals surface area contributed by atoms with E-state index in [2.05, 4.69) is 10.3 Å². The Morgan fingerprint density at radius 1 is 1.31 bits per heavy atom. The number of aliphatic hydroxyl groups excluding tert-OH is 1. The van der Waals surface area contributed by atoms with Gasteiger partial charge in [-0.2, -0.15) is 0 Å². The number of ether oxygens (including phenoxy) is 2. The second kappa shape index (κ2) is 9.54. The average Bonchev–Trinajstić information content (AvgIpc) is 3.23. The summed E-state index contributed by atoms with van der Waals surface area (Å²) in [6.07, 6.45) is 10.7. The van der Waals surface area contributed by atoms with Gasteiger partial charge in [-0.15, -0.1) is 0 Å². The fraction of sp³-hybridized carbons (Fsp3) is 0.360. The van der Waals surface area contributed by atoms with Gasteiger partial charge in [-0.25, -0.2) is 4.79 Å². The number of nitrogens with zero attached hydrogens (tertiary/aromatic N) is 1. The summed E-state index contributed by atoms with van der Waals surface area (Å²) in [5.41, 5.74) is 1.33. The van der Waals surface area contributed by atoms with Gasteiger partial charge in [0.1, 0.15) is 17.6 Å².